The molecule has 3 nitrogen and oxygen atoms in total. The molecule has 15 heavy (non-hydrogen) atoms. The summed E-state index contributed by atoms with van der Waals surface area (Å²) in [7, 11) is 1.96. The Bertz CT molecular complexity index is 481. The van der Waals surface area contributed by atoms with Gasteiger partial charge in [-0.15, -0.1) is 0 Å². The number of aryl methyl sites for hydroxylation is 1. The average Bonchev–Trinajstić information content (AvgIpc) is 2.57. The van der Waals surface area contributed by atoms with E-state index in [1.54, 1.807) is 18.0 Å². The highest BCUT2D eigenvalue weighted by Crippen LogP contribution is 2.32. The summed E-state index contributed by atoms with van der Waals surface area (Å²) in [6, 6.07) is 5.85. The second-order valence-electron chi connectivity index (χ2n) is 3.10. The zero-order valence-electron chi connectivity index (χ0n) is 8.14. The number of nitrogen functional groups attached to an aromatic ring is 1. The summed E-state index contributed by atoms with van der Waals surface area (Å²) < 4.78 is 2.95. The van der Waals surface area contributed by atoms with Gasteiger partial charge in [-0.3, -0.25) is 0 Å². The maximum absolute atomic E-state index is 5.90. The van der Waals surface area contributed by atoms with Crippen LogP contribution in [0.5, 0.6) is 0 Å². The van der Waals surface area contributed by atoms with Gasteiger partial charge >= 0.3 is 0 Å². The van der Waals surface area contributed by atoms with E-state index in [4.69, 9.17) is 5.73 Å². The molecule has 0 unspecified atom stereocenters. The van der Waals surface area contributed by atoms with Crippen LogP contribution in [0, 0.1) is 0 Å². The minimum atomic E-state index is 0.761. The quantitative estimate of drug-likeness (QED) is 0.862. The number of nitrogens with two attached hydrogens (primary N) is 1. The van der Waals surface area contributed by atoms with Crippen molar-refractivity contribution >= 4 is 33.4 Å². The van der Waals surface area contributed by atoms with E-state index >= 15 is 0 Å². The molecule has 2 N–H and O–H groups in total. The Labute approximate surface area is 101 Å². The normalized spacial score (nSPS) is 10.5. The molecule has 0 spiro atoms. The minimum Gasteiger partial charge on any atom is -0.398 e. The molecule has 0 amide bonds. The third-order valence-electron chi connectivity index (χ3n) is 1.95. The van der Waals surface area contributed by atoms with E-state index in [9.17, 15) is 0 Å². The van der Waals surface area contributed by atoms with Gasteiger partial charge in [-0.05, 0) is 30.0 Å². The molecule has 0 saturated heterocycles. The molecule has 0 aliphatic carbocycles. The molecule has 0 fully saturated rings. The van der Waals surface area contributed by atoms with E-state index in [1.165, 1.54) is 0 Å². The van der Waals surface area contributed by atoms with Crippen molar-refractivity contribution in [3.63, 3.8) is 0 Å². The third kappa shape index (κ3) is 2.35. The lowest BCUT2D eigenvalue weighted by atomic mass is 10.3. The van der Waals surface area contributed by atoms with Gasteiger partial charge in [0.2, 0.25) is 0 Å². The molecule has 1 aromatic carbocycles. The fourth-order valence-electron chi connectivity index (χ4n) is 1.16. The summed E-state index contributed by atoms with van der Waals surface area (Å²) in [5, 5.41) is 0.934. The Morgan fingerprint density at radius 1 is 1.47 bits per heavy atom. The first kappa shape index (κ1) is 10.6. The lowest BCUT2D eigenvalue weighted by Gasteiger charge is -2.05. The Morgan fingerprint density at radius 2 is 2.27 bits per heavy atom. The van der Waals surface area contributed by atoms with E-state index < -0.39 is 0 Å². The molecule has 0 aliphatic rings. The fourth-order valence-corrected chi connectivity index (χ4v) is 2.37. The molecule has 2 rings (SSSR count). The number of aromatic nitrogens is 2. The molecule has 2 aromatic rings. The fraction of sp³-hybridized carbons (Fsp3) is 0.100. The molecule has 0 aliphatic heterocycles. The SMILES string of the molecule is Cn1ccnc1Sc1ccc(Br)cc1N. The average molecular weight is 284 g/mol. The number of imidazole rings is 1. The molecule has 78 valence electrons. The van der Waals surface area contributed by atoms with E-state index in [0.717, 1.165) is 20.2 Å². The summed E-state index contributed by atoms with van der Waals surface area (Å²) in [4.78, 5) is 5.25. The lowest BCUT2D eigenvalue weighted by molar-refractivity contribution is 0.790. The highest BCUT2D eigenvalue weighted by atomic mass is 79.9. The number of rotatable bonds is 2. The van der Waals surface area contributed by atoms with Gasteiger partial charge in [-0.25, -0.2) is 4.98 Å². The highest BCUT2D eigenvalue weighted by molar-refractivity contribution is 9.10. The summed E-state index contributed by atoms with van der Waals surface area (Å²) in [6.07, 6.45) is 3.69. The molecule has 1 heterocycles. The summed E-state index contributed by atoms with van der Waals surface area (Å²) in [5.74, 6) is 0. The van der Waals surface area contributed by atoms with Crippen molar-refractivity contribution in [1.82, 2.24) is 9.55 Å². The molecule has 0 radical (unpaired) electrons. The molecule has 0 saturated carbocycles. The van der Waals surface area contributed by atoms with Crippen molar-refractivity contribution in [2.24, 2.45) is 7.05 Å². The van der Waals surface area contributed by atoms with Gasteiger partial charge in [-0.2, -0.15) is 0 Å². The van der Waals surface area contributed by atoms with Crippen LogP contribution in [0.15, 0.2) is 45.1 Å². The van der Waals surface area contributed by atoms with E-state index in [-0.39, 0.29) is 0 Å². The standard InChI is InChI=1S/C10H10BrN3S/c1-14-5-4-13-10(14)15-9-3-2-7(11)6-8(9)12/h2-6H,12H2,1H3. The number of nitrogens with zero attached hydrogens (tertiary/aromatic N) is 2. The van der Waals surface area contributed by atoms with Crippen LogP contribution in [0.2, 0.25) is 0 Å². The Hall–Kier alpha value is -0.940. The largest absolute Gasteiger partial charge is 0.398 e. The first-order chi connectivity index (χ1) is 7.16. The number of anilines is 1. The second kappa shape index (κ2) is 4.28. The van der Waals surface area contributed by atoms with E-state index in [0.29, 0.717) is 0 Å². The van der Waals surface area contributed by atoms with Gasteiger partial charge < -0.3 is 10.3 Å². The first-order valence-electron chi connectivity index (χ1n) is 4.37. The molecular weight excluding hydrogens is 274 g/mol. The Morgan fingerprint density at radius 3 is 2.87 bits per heavy atom. The number of benzene rings is 1. The Balaban J connectivity index is 2.29. The molecule has 1 aromatic heterocycles. The number of hydrogen-bond acceptors (Lipinski definition) is 3. The zero-order chi connectivity index (χ0) is 10.8. The van der Waals surface area contributed by atoms with Crippen molar-refractivity contribution < 1.29 is 0 Å². The van der Waals surface area contributed by atoms with Crippen LogP contribution >= 0.6 is 27.7 Å². The smallest absolute Gasteiger partial charge is 0.172 e. The van der Waals surface area contributed by atoms with Crippen LogP contribution in [0.1, 0.15) is 0 Å². The molecule has 0 bridgehead atoms. The van der Waals surface area contributed by atoms with Crippen LogP contribution < -0.4 is 5.73 Å². The predicted molar refractivity (Wildman–Crippen MR) is 65.9 cm³/mol. The van der Waals surface area contributed by atoms with Crippen molar-refractivity contribution in [2.75, 3.05) is 5.73 Å². The third-order valence-corrected chi connectivity index (χ3v) is 3.61. The van der Waals surface area contributed by atoms with Crippen molar-refractivity contribution in [3.8, 4) is 0 Å². The maximum atomic E-state index is 5.90. The van der Waals surface area contributed by atoms with Crippen LogP contribution in [-0.4, -0.2) is 9.55 Å². The molecular formula is C10H10BrN3S. The van der Waals surface area contributed by atoms with Gasteiger partial charge in [0.15, 0.2) is 5.16 Å². The number of halogens is 1. The van der Waals surface area contributed by atoms with Crippen LogP contribution in [-0.2, 0) is 7.05 Å². The van der Waals surface area contributed by atoms with Gasteiger partial charge in [-0.1, -0.05) is 15.9 Å². The zero-order valence-corrected chi connectivity index (χ0v) is 10.5. The van der Waals surface area contributed by atoms with Crippen LogP contribution in [0.25, 0.3) is 0 Å². The molecule has 5 heteroatoms. The second-order valence-corrected chi connectivity index (χ2v) is 5.03. The lowest BCUT2D eigenvalue weighted by Crippen LogP contribution is -1.92. The summed E-state index contributed by atoms with van der Waals surface area (Å²) >= 11 is 4.94. The van der Waals surface area contributed by atoms with Gasteiger partial charge in [0, 0.05) is 34.5 Å². The monoisotopic (exact) mass is 283 g/mol. The maximum Gasteiger partial charge on any atom is 0.172 e. The van der Waals surface area contributed by atoms with Gasteiger partial charge in [0.25, 0.3) is 0 Å². The van der Waals surface area contributed by atoms with Crippen molar-refractivity contribution in [3.05, 3.63) is 35.1 Å². The number of hydrogen-bond donors (Lipinski definition) is 1. The summed E-state index contributed by atoms with van der Waals surface area (Å²) in [5.41, 5.74) is 6.66. The Kier molecular flexibility index (Phi) is 3.02. The van der Waals surface area contributed by atoms with Crippen LogP contribution in [0.3, 0.4) is 0 Å². The van der Waals surface area contributed by atoms with Gasteiger partial charge in [0.05, 0.1) is 0 Å². The van der Waals surface area contributed by atoms with Crippen molar-refractivity contribution in [2.45, 2.75) is 10.1 Å². The van der Waals surface area contributed by atoms with E-state index in [2.05, 4.69) is 20.9 Å². The van der Waals surface area contributed by atoms with Crippen molar-refractivity contribution in [1.29, 1.82) is 0 Å². The van der Waals surface area contributed by atoms with Gasteiger partial charge in [0.1, 0.15) is 0 Å². The topological polar surface area (TPSA) is 43.8 Å². The van der Waals surface area contributed by atoms with Crippen LogP contribution in [0.4, 0.5) is 5.69 Å². The van der Waals surface area contributed by atoms with E-state index in [1.807, 2.05) is 36.0 Å². The molecule has 0 atom stereocenters. The first-order valence-corrected chi connectivity index (χ1v) is 5.98. The summed E-state index contributed by atoms with van der Waals surface area (Å²) in [6.45, 7) is 0. The minimum absolute atomic E-state index is 0.761. The predicted octanol–water partition coefficient (Wildman–Crippen LogP) is 2.92. The highest BCUT2D eigenvalue weighted by Gasteiger charge is 2.05.